The molecule has 0 saturated heterocycles. The molecule has 0 N–H and O–H groups in total. The monoisotopic (exact) mass is 171 g/mol. The lowest BCUT2D eigenvalue weighted by molar-refractivity contribution is 0.638. The zero-order valence-corrected chi connectivity index (χ0v) is 6.09. The van der Waals surface area contributed by atoms with Crippen molar-refractivity contribution in [1.82, 2.24) is 14.6 Å². The Bertz CT molecular complexity index is 398. The summed E-state index contributed by atoms with van der Waals surface area (Å²) in [6.45, 7) is 0. The van der Waals surface area contributed by atoms with E-state index in [1.807, 2.05) is 0 Å². The molecular formula is C6H3ClFN3. The molecule has 56 valence electrons. The van der Waals surface area contributed by atoms with E-state index >= 15 is 0 Å². The molecule has 0 amide bonds. The van der Waals surface area contributed by atoms with E-state index in [1.165, 1.54) is 23.1 Å². The molecule has 0 aromatic carbocycles. The van der Waals surface area contributed by atoms with E-state index in [0.29, 0.717) is 0 Å². The minimum atomic E-state index is -0.407. The van der Waals surface area contributed by atoms with Crippen molar-refractivity contribution in [2.75, 3.05) is 0 Å². The Balaban J connectivity index is 2.96. The second kappa shape index (κ2) is 2.17. The van der Waals surface area contributed by atoms with Gasteiger partial charge in [0.25, 0.3) is 0 Å². The molecule has 0 bridgehead atoms. The van der Waals surface area contributed by atoms with Gasteiger partial charge in [0, 0.05) is 6.20 Å². The molecule has 0 spiro atoms. The van der Waals surface area contributed by atoms with Crippen molar-refractivity contribution in [2.45, 2.75) is 0 Å². The molecule has 0 fully saturated rings. The van der Waals surface area contributed by atoms with Gasteiger partial charge in [-0.25, -0.2) is 13.9 Å². The smallest absolute Gasteiger partial charge is 0.159 e. The second-order valence-corrected chi connectivity index (χ2v) is 2.37. The molecule has 2 heterocycles. The van der Waals surface area contributed by atoms with Crippen LogP contribution in [0.4, 0.5) is 4.39 Å². The van der Waals surface area contributed by atoms with Gasteiger partial charge in [0.15, 0.2) is 11.0 Å². The van der Waals surface area contributed by atoms with Crippen LogP contribution < -0.4 is 0 Å². The highest BCUT2D eigenvalue weighted by Crippen LogP contribution is 2.16. The Morgan fingerprint density at radius 1 is 1.55 bits per heavy atom. The van der Waals surface area contributed by atoms with Crippen molar-refractivity contribution in [1.29, 1.82) is 0 Å². The van der Waals surface area contributed by atoms with Crippen LogP contribution in [0.1, 0.15) is 0 Å². The van der Waals surface area contributed by atoms with Gasteiger partial charge in [-0.2, -0.15) is 5.10 Å². The highest BCUT2D eigenvalue weighted by molar-refractivity contribution is 6.32. The van der Waals surface area contributed by atoms with Crippen LogP contribution in [0.25, 0.3) is 5.52 Å². The predicted octanol–water partition coefficient (Wildman–Crippen LogP) is 1.52. The summed E-state index contributed by atoms with van der Waals surface area (Å²) in [6, 6.07) is 1.29. The van der Waals surface area contributed by atoms with Crippen molar-refractivity contribution in [3.05, 3.63) is 29.6 Å². The number of nitrogens with zero attached hydrogens (tertiary/aromatic N) is 3. The van der Waals surface area contributed by atoms with Gasteiger partial charge in [0.2, 0.25) is 0 Å². The molecular weight excluding hydrogens is 169 g/mol. The molecule has 0 radical (unpaired) electrons. The number of hydrogen-bond acceptors (Lipinski definition) is 2. The zero-order valence-electron chi connectivity index (χ0n) is 5.33. The van der Waals surface area contributed by atoms with Gasteiger partial charge in [-0.3, -0.25) is 0 Å². The first kappa shape index (κ1) is 6.54. The molecule has 0 saturated carbocycles. The average molecular weight is 172 g/mol. The predicted molar refractivity (Wildman–Crippen MR) is 38.0 cm³/mol. The van der Waals surface area contributed by atoms with Gasteiger partial charge < -0.3 is 0 Å². The van der Waals surface area contributed by atoms with Crippen molar-refractivity contribution < 1.29 is 4.39 Å². The first-order chi connectivity index (χ1) is 5.29. The largest absolute Gasteiger partial charge is 0.233 e. The summed E-state index contributed by atoms with van der Waals surface area (Å²) >= 11 is 5.59. The lowest BCUT2D eigenvalue weighted by Gasteiger charge is -1.92. The lowest BCUT2D eigenvalue weighted by Crippen LogP contribution is -1.91. The molecule has 3 nitrogen and oxygen atoms in total. The van der Waals surface area contributed by atoms with E-state index in [-0.39, 0.29) is 10.7 Å². The number of halogens is 2. The Kier molecular flexibility index (Phi) is 1.29. The highest BCUT2D eigenvalue weighted by Gasteiger charge is 2.06. The number of aromatic nitrogens is 3. The third-order valence-corrected chi connectivity index (χ3v) is 1.64. The van der Waals surface area contributed by atoms with Gasteiger partial charge in [-0.05, 0) is 6.07 Å². The quantitative estimate of drug-likeness (QED) is 0.602. The molecule has 11 heavy (non-hydrogen) atoms. The van der Waals surface area contributed by atoms with Crippen LogP contribution in [0.15, 0.2) is 18.6 Å². The standard InChI is InChI=1S/C6H3ClFN3/c7-6-5-4(8)1-2-11(5)10-3-9-6/h1-3H. The Morgan fingerprint density at radius 3 is 3.09 bits per heavy atom. The first-order valence-electron chi connectivity index (χ1n) is 2.92. The van der Waals surface area contributed by atoms with E-state index in [4.69, 9.17) is 11.6 Å². The molecule has 2 aromatic rings. The van der Waals surface area contributed by atoms with Gasteiger partial charge in [0.1, 0.15) is 11.8 Å². The SMILES string of the molecule is Fc1ccn2ncnc(Cl)c12. The molecule has 0 aliphatic rings. The van der Waals surface area contributed by atoms with Gasteiger partial charge >= 0.3 is 0 Å². The topological polar surface area (TPSA) is 30.2 Å². The lowest BCUT2D eigenvalue weighted by atomic mass is 10.5. The summed E-state index contributed by atoms with van der Waals surface area (Å²) in [5.41, 5.74) is 0.217. The zero-order chi connectivity index (χ0) is 7.84. The Morgan fingerprint density at radius 2 is 2.36 bits per heavy atom. The summed E-state index contributed by atoms with van der Waals surface area (Å²) in [5.74, 6) is -0.407. The molecule has 0 unspecified atom stereocenters. The molecule has 0 aliphatic carbocycles. The maximum Gasteiger partial charge on any atom is 0.159 e. The van der Waals surface area contributed by atoms with E-state index in [1.54, 1.807) is 0 Å². The van der Waals surface area contributed by atoms with E-state index < -0.39 is 5.82 Å². The van der Waals surface area contributed by atoms with Gasteiger partial charge in [-0.15, -0.1) is 0 Å². The average Bonchev–Trinajstić information content (AvgIpc) is 2.34. The van der Waals surface area contributed by atoms with Crippen LogP contribution in [-0.4, -0.2) is 14.6 Å². The van der Waals surface area contributed by atoms with Crippen LogP contribution in [0.3, 0.4) is 0 Å². The summed E-state index contributed by atoms with van der Waals surface area (Å²) in [7, 11) is 0. The molecule has 5 heteroatoms. The van der Waals surface area contributed by atoms with Crippen molar-refractivity contribution in [3.8, 4) is 0 Å². The minimum Gasteiger partial charge on any atom is -0.233 e. The highest BCUT2D eigenvalue weighted by atomic mass is 35.5. The summed E-state index contributed by atoms with van der Waals surface area (Å²) in [5, 5.41) is 3.87. The summed E-state index contributed by atoms with van der Waals surface area (Å²) in [4.78, 5) is 3.63. The van der Waals surface area contributed by atoms with Gasteiger partial charge in [0.05, 0.1) is 0 Å². The maximum absolute atomic E-state index is 12.8. The summed E-state index contributed by atoms with van der Waals surface area (Å²) in [6.07, 6.45) is 2.76. The second-order valence-electron chi connectivity index (χ2n) is 2.01. The fourth-order valence-corrected chi connectivity index (χ4v) is 1.10. The Hall–Kier alpha value is -1.16. The molecule has 2 aromatic heterocycles. The van der Waals surface area contributed by atoms with E-state index in [9.17, 15) is 4.39 Å². The van der Waals surface area contributed by atoms with E-state index in [0.717, 1.165) is 0 Å². The van der Waals surface area contributed by atoms with Crippen LogP contribution in [0, 0.1) is 5.82 Å². The first-order valence-corrected chi connectivity index (χ1v) is 3.30. The third-order valence-electron chi connectivity index (χ3n) is 1.36. The van der Waals surface area contributed by atoms with Crippen molar-refractivity contribution in [2.24, 2.45) is 0 Å². The van der Waals surface area contributed by atoms with Crippen LogP contribution in [0.5, 0.6) is 0 Å². The number of rotatable bonds is 0. The maximum atomic E-state index is 12.8. The number of fused-ring (bicyclic) bond motifs is 1. The number of hydrogen-bond donors (Lipinski definition) is 0. The van der Waals surface area contributed by atoms with Gasteiger partial charge in [-0.1, -0.05) is 11.6 Å². The fourth-order valence-electron chi connectivity index (χ4n) is 0.882. The summed E-state index contributed by atoms with van der Waals surface area (Å²) < 4.78 is 14.2. The molecule has 2 rings (SSSR count). The molecule has 0 aliphatic heterocycles. The Labute approximate surface area is 66.4 Å². The van der Waals surface area contributed by atoms with Crippen molar-refractivity contribution in [3.63, 3.8) is 0 Å². The van der Waals surface area contributed by atoms with Crippen LogP contribution >= 0.6 is 11.6 Å². The minimum absolute atomic E-state index is 0.127. The van der Waals surface area contributed by atoms with E-state index in [2.05, 4.69) is 10.1 Å². The van der Waals surface area contributed by atoms with Crippen molar-refractivity contribution >= 4 is 17.1 Å². The molecule has 0 atom stereocenters. The van der Waals surface area contributed by atoms with Crippen LogP contribution in [-0.2, 0) is 0 Å². The fraction of sp³-hybridized carbons (Fsp3) is 0. The van der Waals surface area contributed by atoms with Crippen LogP contribution in [0.2, 0.25) is 5.15 Å². The normalized spacial score (nSPS) is 10.7. The third kappa shape index (κ3) is 0.867.